The minimum Gasteiger partial charge on any atom is -0.472 e. The van der Waals surface area contributed by atoms with Crippen molar-refractivity contribution in [3.63, 3.8) is 0 Å². The van der Waals surface area contributed by atoms with Gasteiger partial charge < -0.3 is 28.8 Å². The molecule has 0 radical (unpaired) electrons. The summed E-state index contributed by atoms with van der Waals surface area (Å²) in [4.78, 5) is 26.1. The highest BCUT2D eigenvalue weighted by Gasteiger charge is 2.30. The second-order valence-corrected chi connectivity index (χ2v) is 12.2. The van der Waals surface area contributed by atoms with Gasteiger partial charge in [-0.2, -0.15) is 10.1 Å². The Bertz CT molecular complexity index is 1310. The standard InChI is InChI=1S/C29H41N7O5/c1-29(2,3)41-28(37)35-11-8-22(9-12-35)36-19-20(18-30-36)31-27-32-24-10-15-39-25(24)26(33-27)40-23-6-4-21(5-7-23)34-13-16-38-17-14-34/h10,15,18-19,21-23H,4-9,11-14,16-17H2,1-3H3,(H,31,32,33)/t21-,23-. The molecule has 12 nitrogen and oxygen atoms in total. The van der Waals surface area contributed by atoms with Crippen LogP contribution in [-0.4, -0.2) is 92.8 Å². The van der Waals surface area contributed by atoms with E-state index in [4.69, 9.17) is 23.6 Å². The van der Waals surface area contributed by atoms with Crippen molar-refractivity contribution in [2.75, 3.05) is 44.7 Å². The first-order valence-corrected chi connectivity index (χ1v) is 14.8. The highest BCUT2D eigenvalue weighted by molar-refractivity contribution is 5.79. The lowest BCUT2D eigenvalue weighted by Gasteiger charge is -2.38. The van der Waals surface area contributed by atoms with Gasteiger partial charge in [0.05, 0.1) is 37.4 Å². The van der Waals surface area contributed by atoms with Crippen LogP contribution in [0, 0.1) is 0 Å². The van der Waals surface area contributed by atoms with Gasteiger partial charge in [0, 0.05) is 44.5 Å². The van der Waals surface area contributed by atoms with Crippen molar-refractivity contribution in [2.24, 2.45) is 0 Å². The van der Waals surface area contributed by atoms with Gasteiger partial charge in [-0.1, -0.05) is 0 Å². The Hall–Kier alpha value is -3.38. The molecule has 2 saturated heterocycles. The Morgan fingerprint density at radius 1 is 1.00 bits per heavy atom. The van der Waals surface area contributed by atoms with Crippen molar-refractivity contribution in [1.29, 1.82) is 0 Å². The molecule has 0 bridgehead atoms. The molecule has 1 aliphatic carbocycles. The van der Waals surface area contributed by atoms with Crippen molar-refractivity contribution in [2.45, 2.75) is 83.1 Å². The second-order valence-electron chi connectivity index (χ2n) is 12.2. The lowest BCUT2D eigenvalue weighted by Crippen LogP contribution is -2.46. The van der Waals surface area contributed by atoms with Crippen LogP contribution >= 0.6 is 0 Å². The van der Waals surface area contributed by atoms with Gasteiger partial charge in [0.15, 0.2) is 0 Å². The number of fused-ring (bicyclic) bond motifs is 1. The highest BCUT2D eigenvalue weighted by Crippen LogP contribution is 2.32. The van der Waals surface area contributed by atoms with Gasteiger partial charge in [0.1, 0.15) is 17.2 Å². The molecule has 41 heavy (non-hydrogen) atoms. The number of nitrogens with one attached hydrogen (secondary N) is 1. The third-order valence-corrected chi connectivity index (χ3v) is 8.10. The summed E-state index contributed by atoms with van der Waals surface area (Å²) in [6, 6.07) is 2.63. The summed E-state index contributed by atoms with van der Waals surface area (Å²) in [6.45, 7) is 10.6. The van der Waals surface area contributed by atoms with Crippen molar-refractivity contribution in [3.8, 4) is 5.88 Å². The molecular formula is C29H41N7O5. The molecule has 222 valence electrons. The molecule has 0 spiro atoms. The van der Waals surface area contributed by atoms with E-state index in [-0.39, 0.29) is 18.2 Å². The summed E-state index contributed by atoms with van der Waals surface area (Å²) in [5, 5.41) is 7.88. The largest absolute Gasteiger partial charge is 0.472 e. The number of rotatable bonds is 6. The minimum atomic E-state index is -0.495. The first-order chi connectivity index (χ1) is 19.8. The first kappa shape index (κ1) is 27.8. The van der Waals surface area contributed by atoms with Crippen LogP contribution in [0.1, 0.15) is 65.3 Å². The molecular weight excluding hydrogens is 526 g/mol. The number of amides is 1. The van der Waals surface area contributed by atoms with Gasteiger partial charge >= 0.3 is 6.09 Å². The molecule has 1 amide bonds. The number of likely N-dealkylation sites (tertiary alicyclic amines) is 1. The number of nitrogens with zero attached hydrogens (tertiary/aromatic N) is 6. The number of anilines is 2. The quantitative estimate of drug-likeness (QED) is 0.446. The molecule has 0 aromatic carbocycles. The SMILES string of the molecule is CC(C)(C)OC(=O)N1CCC(n2cc(Nc3nc(O[C@H]4CC[C@H](N5CCOCC5)CC4)c4occc4n3)cn2)CC1. The first-order valence-electron chi connectivity index (χ1n) is 14.8. The van der Waals surface area contributed by atoms with Crippen molar-refractivity contribution in [1.82, 2.24) is 29.5 Å². The van der Waals surface area contributed by atoms with Crippen LogP contribution < -0.4 is 10.1 Å². The second kappa shape index (κ2) is 11.8. The van der Waals surface area contributed by atoms with E-state index in [1.807, 2.05) is 37.7 Å². The third kappa shape index (κ3) is 6.75. The summed E-state index contributed by atoms with van der Waals surface area (Å²) < 4.78 is 25.1. The number of morpholine rings is 1. The third-order valence-electron chi connectivity index (χ3n) is 8.10. The maximum atomic E-state index is 12.4. The van der Waals surface area contributed by atoms with E-state index in [9.17, 15) is 4.79 Å². The zero-order valence-corrected chi connectivity index (χ0v) is 24.3. The number of carbonyl (C=O) groups is 1. The van der Waals surface area contributed by atoms with Gasteiger partial charge in [0.2, 0.25) is 11.5 Å². The number of hydrogen-bond acceptors (Lipinski definition) is 10. The lowest BCUT2D eigenvalue weighted by atomic mass is 9.91. The predicted octanol–water partition coefficient (Wildman–Crippen LogP) is 4.76. The maximum Gasteiger partial charge on any atom is 0.410 e. The number of hydrogen-bond donors (Lipinski definition) is 1. The molecule has 1 saturated carbocycles. The summed E-state index contributed by atoms with van der Waals surface area (Å²) in [5.41, 5.74) is 1.56. The van der Waals surface area contributed by atoms with E-state index in [2.05, 4.69) is 20.3 Å². The summed E-state index contributed by atoms with van der Waals surface area (Å²) in [7, 11) is 0. The van der Waals surface area contributed by atoms with Crippen LogP contribution in [0.25, 0.3) is 11.1 Å². The van der Waals surface area contributed by atoms with Crippen LogP contribution in [0.2, 0.25) is 0 Å². The Balaban J connectivity index is 1.06. The smallest absolute Gasteiger partial charge is 0.410 e. The number of ether oxygens (including phenoxy) is 3. The van der Waals surface area contributed by atoms with Gasteiger partial charge in [-0.25, -0.2) is 9.78 Å². The van der Waals surface area contributed by atoms with E-state index >= 15 is 0 Å². The van der Waals surface area contributed by atoms with Gasteiger partial charge in [-0.05, 0) is 59.3 Å². The fourth-order valence-electron chi connectivity index (χ4n) is 5.97. The summed E-state index contributed by atoms with van der Waals surface area (Å²) in [6.07, 6.45) is 11.0. The summed E-state index contributed by atoms with van der Waals surface area (Å²) >= 11 is 0. The molecule has 3 aliphatic rings. The molecule has 12 heteroatoms. The topological polar surface area (TPSA) is 120 Å². The van der Waals surface area contributed by atoms with E-state index < -0.39 is 5.60 Å². The van der Waals surface area contributed by atoms with E-state index in [1.54, 1.807) is 17.4 Å². The minimum absolute atomic E-state index is 0.0950. The Morgan fingerprint density at radius 3 is 2.49 bits per heavy atom. The van der Waals surface area contributed by atoms with Crippen molar-refractivity contribution >= 4 is 28.8 Å². The molecule has 3 aromatic heterocycles. The zero-order valence-electron chi connectivity index (χ0n) is 24.3. The van der Waals surface area contributed by atoms with Gasteiger partial charge in [-0.3, -0.25) is 9.58 Å². The predicted molar refractivity (Wildman–Crippen MR) is 152 cm³/mol. The van der Waals surface area contributed by atoms with Gasteiger partial charge in [-0.15, -0.1) is 0 Å². The van der Waals surface area contributed by atoms with Crippen molar-refractivity contribution < 1.29 is 23.4 Å². The Labute approximate surface area is 240 Å². The molecule has 6 rings (SSSR count). The fraction of sp³-hybridized carbons (Fsp3) is 0.655. The number of furan rings is 1. The molecule has 2 aliphatic heterocycles. The number of aromatic nitrogens is 4. The molecule has 5 heterocycles. The van der Waals surface area contributed by atoms with Crippen LogP contribution in [0.4, 0.5) is 16.4 Å². The molecule has 0 atom stereocenters. The highest BCUT2D eigenvalue weighted by atomic mass is 16.6. The number of piperidine rings is 1. The maximum absolute atomic E-state index is 12.4. The van der Waals surface area contributed by atoms with E-state index in [0.717, 1.165) is 70.5 Å². The molecule has 1 N–H and O–H groups in total. The molecule has 3 aromatic rings. The Morgan fingerprint density at radius 2 is 1.76 bits per heavy atom. The van der Waals surface area contributed by atoms with Crippen LogP contribution in [0.3, 0.4) is 0 Å². The zero-order chi connectivity index (χ0) is 28.4. The molecule has 0 unspecified atom stereocenters. The normalized spacial score (nSPS) is 23.0. The van der Waals surface area contributed by atoms with Crippen LogP contribution in [-0.2, 0) is 9.47 Å². The summed E-state index contributed by atoms with van der Waals surface area (Å²) in [5.74, 6) is 0.912. The Kier molecular flexibility index (Phi) is 8.03. The lowest BCUT2D eigenvalue weighted by molar-refractivity contribution is -0.00133. The number of carbonyl (C=O) groups excluding carboxylic acids is 1. The average molecular weight is 568 g/mol. The van der Waals surface area contributed by atoms with Crippen molar-refractivity contribution in [3.05, 3.63) is 24.7 Å². The molecule has 3 fully saturated rings. The van der Waals surface area contributed by atoms with Gasteiger partial charge in [0.25, 0.3) is 5.88 Å². The van der Waals surface area contributed by atoms with Crippen LogP contribution in [0.15, 0.2) is 29.1 Å². The monoisotopic (exact) mass is 567 g/mol. The van der Waals surface area contributed by atoms with E-state index in [0.29, 0.717) is 42.1 Å². The van der Waals surface area contributed by atoms with E-state index in [1.165, 1.54) is 0 Å². The average Bonchev–Trinajstić information content (AvgIpc) is 3.63. The fourth-order valence-corrected chi connectivity index (χ4v) is 5.97. The van der Waals surface area contributed by atoms with Crippen LogP contribution in [0.5, 0.6) is 5.88 Å².